The first-order valence-electron chi connectivity index (χ1n) is 9.52. The number of piperazine rings is 1. The minimum absolute atomic E-state index is 0.0569. The van der Waals surface area contributed by atoms with Gasteiger partial charge in [-0.15, -0.1) is 0 Å². The zero-order chi connectivity index (χ0) is 18.6. The van der Waals surface area contributed by atoms with Crippen LogP contribution in [0.4, 0.5) is 5.69 Å². The maximum absolute atomic E-state index is 13.0. The van der Waals surface area contributed by atoms with E-state index in [0.29, 0.717) is 13.1 Å². The van der Waals surface area contributed by atoms with Crippen LogP contribution < -0.4 is 10.5 Å². The number of rotatable bonds is 4. The SMILES string of the molecule is O=C([C@@H]1CCCN(Cc2ccco2)C1)N1CCN(c2cn[nH]c(=O)c2)CC1. The molecule has 2 aromatic rings. The molecule has 4 rings (SSSR count). The smallest absolute Gasteiger partial charge is 0.266 e. The summed E-state index contributed by atoms with van der Waals surface area (Å²) in [6, 6.07) is 5.43. The van der Waals surface area contributed by atoms with E-state index in [1.165, 1.54) is 0 Å². The Bertz CT molecular complexity index is 811. The van der Waals surface area contributed by atoms with Gasteiger partial charge in [-0.05, 0) is 31.5 Å². The highest BCUT2D eigenvalue weighted by Crippen LogP contribution is 2.22. The number of hydrogen-bond donors (Lipinski definition) is 1. The molecule has 0 aromatic carbocycles. The average molecular weight is 371 g/mol. The molecular formula is C19H25N5O3. The van der Waals surface area contributed by atoms with E-state index in [9.17, 15) is 9.59 Å². The Morgan fingerprint density at radius 2 is 2.11 bits per heavy atom. The maximum atomic E-state index is 13.0. The average Bonchev–Trinajstić information content (AvgIpc) is 3.21. The third kappa shape index (κ3) is 4.21. The van der Waals surface area contributed by atoms with Crippen LogP contribution in [0.2, 0.25) is 0 Å². The lowest BCUT2D eigenvalue weighted by Gasteiger charge is -2.39. The van der Waals surface area contributed by atoms with Gasteiger partial charge < -0.3 is 14.2 Å². The molecule has 2 aliphatic heterocycles. The second-order valence-corrected chi connectivity index (χ2v) is 7.27. The van der Waals surface area contributed by atoms with E-state index in [1.54, 1.807) is 18.5 Å². The summed E-state index contributed by atoms with van der Waals surface area (Å²) in [5, 5.41) is 6.25. The standard InChI is InChI=1S/C19H25N5O3/c25-18-11-16(12-20-21-18)23-6-8-24(9-7-23)19(26)15-3-1-5-22(13-15)14-17-4-2-10-27-17/h2,4,10-12,15H,1,3,5-9,13-14H2,(H,21,25)/t15-/m1/s1. The summed E-state index contributed by atoms with van der Waals surface area (Å²) in [6.07, 6.45) is 5.34. The Morgan fingerprint density at radius 1 is 1.26 bits per heavy atom. The molecule has 2 aromatic heterocycles. The Hall–Kier alpha value is -2.61. The van der Waals surface area contributed by atoms with Gasteiger partial charge in [0.15, 0.2) is 0 Å². The molecule has 1 atom stereocenters. The summed E-state index contributed by atoms with van der Waals surface area (Å²) >= 11 is 0. The van der Waals surface area contributed by atoms with E-state index in [2.05, 4.69) is 20.0 Å². The van der Waals surface area contributed by atoms with Gasteiger partial charge in [0.25, 0.3) is 5.56 Å². The number of likely N-dealkylation sites (tertiary alicyclic amines) is 1. The number of amides is 1. The van der Waals surface area contributed by atoms with Crippen LogP contribution in [-0.2, 0) is 11.3 Å². The van der Waals surface area contributed by atoms with Crippen LogP contribution in [0.3, 0.4) is 0 Å². The number of furan rings is 1. The molecule has 1 N–H and O–H groups in total. The van der Waals surface area contributed by atoms with Crippen molar-refractivity contribution in [2.24, 2.45) is 5.92 Å². The summed E-state index contributed by atoms with van der Waals surface area (Å²) in [5.41, 5.74) is 0.609. The minimum Gasteiger partial charge on any atom is -0.468 e. The number of aromatic nitrogens is 2. The van der Waals surface area contributed by atoms with E-state index in [0.717, 1.165) is 57.0 Å². The first-order chi connectivity index (χ1) is 13.2. The number of carbonyl (C=O) groups is 1. The van der Waals surface area contributed by atoms with Crippen molar-refractivity contribution in [2.45, 2.75) is 19.4 Å². The molecule has 0 radical (unpaired) electrons. The van der Waals surface area contributed by atoms with Crippen molar-refractivity contribution in [2.75, 3.05) is 44.2 Å². The third-order valence-corrected chi connectivity index (χ3v) is 5.42. The Morgan fingerprint density at radius 3 is 2.85 bits per heavy atom. The molecule has 144 valence electrons. The van der Waals surface area contributed by atoms with Gasteiger partial charge in [-0.2, -0.15) is 5.10 Å². The van der Waals surface area contributed by atoms with Gasteiger partial charge in [-0.25, -0.2) is 5.10 Å². The molecule has 0 saturated carbocycles. The van der Waals surface area contributed by atoms with Gasteiger partial charge in [0.2, 0.25) is 5.91 Å². The van der Waals surface area contributed by atoms with Gasteiger partial charge in [-0.1, -0.05) is 0 Å². The van der Waals surface area contributed by atoms with E-state index in [1.807, 2.05) is 17.0 Å². The van der Waals surface area contributed by atoms with Crippen LogP contribution in [0.25, 0.3) is 0 Å². The Kier molecular flexibility index (Phi) is 5.24. The van der Waals surface area contributed by atoms with Gasteiger partial charge in [0, 0.05) is 38.8 Å². The predicted octanol–water partition coefficient (Wildman–Crippen LogP) is 0.924. The quantitative estimate of drug-likeness (QED) is 0.860. The second kappa shape index (κ2) is 7.96. The molecule has 2 saturated heterocycles. The lowest BCUT2D eigenvalue weighted by atomic mass is 9.96. The molecule has 0 aliphatic carbocycles. The lowest BCUT2D eigenvalue weighted by Crippen LogP contribution is -2.52. The van der Waals surface area contributed by atoms with Crippen LogP contribution in [0.15, 0.2) is 39.9 Å². The molecule has 4 heterocycles. The van der Waals surface area contributed by atoms with Gasteiger partial charge in [-0.3, -0.25) is 14.5 Å². The fourth-order valence-corrected chi connectivity index (χ4v) is 4.01. The van der Waals surface area contributed by atoms with Crippen molar-refractivity contribution >= 4 is 11.6 Å². The van der Waals surface area contributed by atoms with Crippen LogP contribution >= 0.6 is 0 Å². The normalized spacial score (nSPS) is 21.4. The van der Waals surface area contributed by atoms with Crippen molar-refractivity contribution in [1.82, 2.24) is 20.0 Å². The van der Waals surface area contributed by atoms with Crippen molar-refractivity contribution in [3.8, 4) is 0 Å². The highest BCUT2D eigenvalue weighted by Gasteiger charge is 2.31. The highest BCUT2D eigenvalue weighted by atomic mass is 16.3. The number of anilines is 1. The second-order valence-electron chi connectivity index (χ2n) is 7.27. The van der Waals surface area contributed by atoms with Crippen LogP contribution in [0.5, 0.6) is 0 Å². The topological polar surface area (TPSA) is 85.7 Å². The summed E-state index contributed by atoms with van der Waals surface area (Å²) in [5.74, 6) is 1.26. The molecule has 2 aliphatic rings. The molecule has 8 nitrogen and oxygen atoms in total. The predicted molar refractivity (Wildman–Crippen MR) is 100 cm³/mol. The number of nitrogens with one attached hydrogen (secondary N) is 1. The highest BCUT2D eigenvalue weighted by molar-refractivity contribution is 5.79. The zero-order valence-corrected chi connectivity index (χ0v) is 15.3. The molecule has 8 heteroatoms. The van der Waals surface area contributed by atoms with Gasteiger partial charge in [0.1, 0.15) is 5.76 Å². The first kappa shape index (κ1) is 17.8. The van der Waals surface area contributed by atoms with E-state index in [4.69, 9.17) is 4.42 Å². The lowest BCUT2D eigenvalue weighted by molar-refractivity contribution is -0.137. The molecule has 0 bridgehead atoms. The number of aromatic amines is 1. The molecular weight excluding hydrogens is 346 g/mol. The van der Waals surface area contributed by atoms with Crippen LogP contribution in [0.1, 0.15) is 18.6 Å². The van der Waals surface area contributed by atoms with Gasteiger partial charge in [0.05, 0.1) is 30.6 Å². The maximum Gasteiger partial charge on any atom is 0.266 e. The van der Waals surface area contributed by atoms with Gasteiger partial charge >= 0.3 is 0 Å². The fraction of sp³-hybridized carbons (Fsp3) is 0.526. The number of piperidine rings is 1. The van der Waals surface area contributed by atoms with Crippen molar-refractivity contribution in [3.63, 3.8) is 0 Å². The van der Waals surface area contributed by atoms with Crippen LogP contribution in [0, 0.1) is 5.92 Å². The molecule has 0 spiro atoms. The number of nitrogens with zero attached hydrogens (tertiary/aromatic N) is 4. The van der Waals surface area contributed by atoms with Crippen molar-refractivity contribution < 1.29 is 9.21 Å². The monoisotopic (exact) mass is 371 g/mol. The zero-order valence-electron chi connectivity index (χ0n) is 15.3. The number of carbonyl (C=O) groups excluding carboxylic acids is 1. The van der Waals surface area contributed by atoms with E-state index in [-0.39, 0.29) is 17.4 Å². The van der Waals surface area contributed by atoms with Crippen LogP contribution in [-0.4, -0.2) is 65.2 Å². The minimum atomic E-state index is -0.204. The number of H-pyrrole nitrogens is 1. The Balaban J connectivity index is 1.31. The van der Waals surface area contributed by atoms with Crippen molar-refractivity contribution in [1.29, 1.82) is 0 Å². The summed E-state index contributed by atoms with van der Waals surface area (Å²) in [4.78, 5) is 30.8. The fourth-order valence-electron chi connectivity index (χ4n) is 4.01. The summed E-state index contributed by atoms with van der Waals surface area (Å²) < 4.78 is 5.44. The molecule has 27 heavy (non-hydrogen) atoms. The van der Waals surface area contributed by atoms with Crippen molar-refractivity contribution in [3.05, 3.63) is 46.8 Å². The Labute approximate surface area is 157 Å². The summed E-state index contributed by atoms with van der Waals surface area (Å²) in [6.45, 7) is 5.37. The molecule has 0 unspecified atom stereocenters. The third-order valence-electron chi connectivity index (χ3n) is 5.42. The number of hydrogen-bond acceptors (Lipinski definition) is 6. The van der Waals surface area contributed by atoms with E-state index < -0.39 is 0 Å². The first-order valence-corrected chi connectivity index (χ1v) is 9.52. The molecule has 1 amide bonds. The largest absolute Gasteiger partial charge is 0.468 e. The van der Waals surface area contributed by atoms with E-state index >= 15 is 0 Å². The molecule has 2 fully saturated rings. The summed E-state index contributed by atoms with van der Waals surface area (Å²) in [7, 11) is 0.